The molecule has 3 nitrogen and oxygen atoms in total. The van der Waals surface area contributed by atoms with Gasteiger partial charge in [-0.25, -0.2) is 0 Å². The summed E-state index contributed by atoms with van der Waals surface area (Å²) in [6, 6.07) is 9.22. The first kappa shape index (κ1) is 11.5. The Morgan fingerprint density at radius 3 is 3.22 bits per heavy atom. The number of aromatic nitrogens is 1. The van der Waals surface area contributed by atoms with Crippen LogP contribution < -0.4 is 10.2 Å². The van der Waals surface area contributed by atoms with Crippen molar-refractivity contribution >= 4 is 16.5 Å². The van der Waals surface area contributed by atoms with Crippen LogP contribution in [0.2, 0.25) is 0 Å². The molecule has 2 aromatic rings. The average molecular weight is 241 g/mol. The van der Waals surface area contributed by atoms with Crippen molar-refractivity contribution in [1.29, 1.82) is 0 Å². The van der Waals surface area contributed by atoms with Crippen molar-refractivity contribution < 1.29 is 0 Å². The zero-order valence-electron chi connectivity index (χ0n) is 10.8. The van der Waals surface area contributed by atoms with Gasteiger partial charge in [0.25, 0.3) is 0 Å². The van der Waals surface area contributed by atoms with E-state index in [2.05, 4.69) is 46.4 Å². The van der Waals surface area contributed by atoms with Crippen molar-refractivity contribution in [2.24, 2.45) is 0 Å². The molecule has 0 aliphatic carbocycles. The Balaban J connectivity index is 2.07. The summed E-state index contributed by atoms with van der Waals surface area (Å²) < 4.78 is 0. The van der Waals surface area contributed by atoms with E-state index in [-0.39, 0.29) is 0 Å². The molecule has 1 aromatic heterocycles. The minimum atomic E-state index is 0.595. The fourth-order valence-electron chi connectivity index (χ4n) is 2.80. The van der Waals surface area contributed by atoms with Crippen LogP contribution >= 0.6 is 0 Å². The van der Waals surface area contributed by atoms with Crippen molar-refractivity contribution in [2.75, 3.05) is 24.5 Å². The van der Waals surface area contributed by atoms with Crippen LogP contribution in [0.5, 0.6) is 0 Å². The third-order valence-electron chi connectivity index (χ3n) is 3.79. The van der Waals surface area contributed by atoms with Crippen molar-refractivity contribution in [2.45, 2.75) is 19.4 Å². The summed E-state index contributed by atoms with van der Waals surface area (Å²) in [4.78, 5) is 6.75. The lowest BCUT2D eigenvalue weighted by Gasteiger charge is -2.38. The number of fused-ring (bicyclic) bond motifs is 1. The molecular weight excluding hydrogens is 222 g/mol. The Morgan fingerprint density at radius 2 is 2.33 bits per heavy atom. The molecule has 1 aliphatic heterocycles. The fourth-order valence-corrected chi connectivity index (χ4v) is 2.80. The van der Waals surface area contributed by atoms with Crippen LogP contribution in [0.25, 0.3) is 10.8 Å². The molecular formula is C15H19N3. The summed E-state index contributed by atoms with van der Waals surface area (Å²) in [5.41, 5.74) is 1.35. The Kier molecular flexibility index (Phi) is 3.15. The number of piperazine rings is 1. The largest absolute Gasteiger partial charge is 0.366 e. The summed E-state index contributed by atoms with van der Waals surface area (Å²) in [6.07, 6.45) is 5.01. The zero-order valence-corrected chi connectivity index (χ0v) is 10.8. The quantitative estimate of drug-likeness (QED) is 0.875. The van der Waals surface area contributed by atoms with E-state index >= 15 is 0 Å². The maximum Gasteiger partial charge on any atom is 0.0450 e. The van der Waals surface area contributed by atoms with Gasteiger partial charge in [0.2, 0.25) is 0 Å². The Hall–Kier alpha value is -1.61. The van der Waals surface area contributed by atoms with Gasteiger partial charge in [0.15, 0.2) is 0 Å². The maximum absolute atomic E-state index is 4.21. The molecule has 1 aliphatic rings. The van der Waals surface area contributed by atoms with E-state index in [0.29, 0.717) is 6.04 Å². The standard InChI is InChI=1S/C15H19N3/c1-2-13-11-17-8-9-18(13)15-5-3-4-12-10-16-7-6-14(12)15/h3-7,10,13,17H,2,8-9,11H2,1H3. The van der Waals surface area contributed by atoms with Crippen molar-refractivity contribution in [3.63, 3.8) is 0 Å². The van der Waals surface area contributed by atoms with Crippen LogP contribution in [0.3, 0.4) is 0 Å². The predicted octanol–water partition coefficient (Wildman–Crippen LogP) is 2.42. The Bertz CT molecular complexity index is 533. The van der Waals surface area contributed by atoms with Crippen LogP contribution in [-0.4, -0.2) is 30.7 Å². The Morgan fingerprint density at radius 1 is 1.39 bits per heavy atom. The van der Waals surface area contributed by atoms with Gasteiger partial charge in [0.1, 0.15) is 0 Å². The summed E-state index contributed by atoms with van der Waals surface area (Å²) in [5, 5.41) is 6.02. The molecule has 1 saturated heterocycles. The van der Waals surface area contributed by atoms with E-state index in [0.717, 1.165) is 19.6 Å². The number of rotatable bonds is 2. The normalized spacial score (nSPS) is 20.3. The van der Waals surface area contributed by atoms with Gasteiger partial charge in [-0.1, -0.05) is 19.1 Å². The first-order chi connectivity index (χ1) is 8.90. The highest BCUT2D eigenvalue weighted by Crippen LogP contribution is 2.28. The van der Waals surface area contributed by atoms with Crippen LogP contribution in [0.1, 0.15) is 13.3 Å². The number of hydrogen-bond acceptors (Lipinski definition) is 3. The second-order valence-corrected chi connectivity index (χ2v) is 4.83. The SMILES string of the molecule is CCC1CNCCN1c1cccc2cnccc12. The highest BCUT2D eigenvalue weighted by Gasteiger charge is 2.21. The van der Waals surface area contributed by atoms with E-state index in [4.69, 9.17) is 0 Å². The van der Waals surface area contributed by atoms with Gasteiger partial charge in [-0.15, -0.1) is 0 Å². The number of pyridine rings is 1. The third kappa shape index (κ3) is 1.95. The number of nitrogens with one attached hydrogen (secondary N) is 1. The number of nitrogens with zero attached hydrogens (tertiary/aromatic N) is 2. The van der Waals surface area contributed by atoms with E-state index in [9.17, 15) is 0 Å². The highest BCUT2D eigenvalue weighted by molar-refractivity contribution is 5.93. The van der Waals surface area contributed by atoms with Gasteiger partial charge in [0.05, 0.1) is 0 Å². The molecule has 3 rings (SSSR count). The second-order valence-electron chi connectivity index (χ2n) is 4.83. The van der Waals surface area contributed by atoms with Gasteiger partial charge >= 0.3 is 0 Å². The Labute approximate surface area is 108 Å². The number of benzene rings is 1. The predicted molar refractivity (Wildman–Crippen MR) is 76.0 cm³/mol. The molecule has 0 saturated carbocycles. The summed E-state index contributed by atoms with van der Waals surface area (Å²) in [5.74, 6) is 0. The first-order valence-electron chi connectivity index (χ1n) is 6.70. The molecule has 1 atom stereocenters. The highest BCUT2D eigenvalue weighted by atomic mass is 15.2. The van der Waals surface area contributed by atoms with Crippen LogP contribution in [0, 0.1) is 0 Å². The third-order valence-corrected chi connectivity index (χ3v) is 3.79. The molecule has 1 aromatic carbocycles. The smallest absolute Gasteiger partial charge is 0.0450 e. The topological polar surface area (TPSA) is 28.2 Å². The van der Waals surface area contributed by atoms with Crippen molar-refractivity contribution in [1.82, 2.24) is 10.3 Å². The van der Waals surface area contributed by atoms with Crippen molar-refractivity contribution in [3.8, 4) is 0 Å². The molecule has 18 heavy (non-hydrogen) atoms. The molecule has 94 valence electrons. The molecule has 3 heteroatoms. The lowest BCUT2D eigenvalue weighted by Crippen LogP contribution is -2.51. The molecule has 0 radical (unpaired) electrons. The van der Waals surface area contributed by atoms with Crippen LogP contribution in [0.15, 0.2) is 36.7 Å². The van der Waals surface area contributed by atoms with Gasteiger partial charge in [-0.05, 0) is 18.6 Å². The summed E-state index contributed by atoms with van der Waals surface area (Å²) in [7, 11) is 0. The molecule has 0 amide bonds. The van der Waals surface area contributed by atoms with Gasteiger partial charge in [-0.3, -0.25) is 4.98 Å². The fraction of sp³-hybridized carbons (Fsp3) is 0.400. The first-order valence-corrected chi connectivity index (χ1v) is 6.70. The monoisotopic (exact) mass is 241 g/mol. The van der Waals surface area contributed by atoms with Crippen LogP contribution in [0.4, 0.5) is 5.69 Å². The van der Waals surface area contributed by atoms with E-state index in [1.54, 1.807) is 0 Å². The molecule has 1 fully saturated rings. The molecule has 1 unspecified atom stereocenters. The van der Waals surface area contributed by atoms with Crippen LogP contribution in [-0.2, 0) is 0 Å². The van der Waals surface area contributed by atoms with Gasteiger partial charge < -0.3 is 10.2 Å². The zero-order chi connectivity index (χ0) is 12.4. The summed E-state index contributed by atoms with van der Waals surface area (Å²) in [6.45, 7) is 5.49. The lowest BCUT2D eigenvalue weighted by atomic mass is 10.1. The lowest BCUT2D eigenvalue weighted by molar-refractivity contribution is 0.467. The minimum Gasteiger partial charge on any atom is -0.366 e. The number of hydrogen-bond donors (Lipinski definition) is 1. The molecule has 0 spiro atoms. The molecule has 1 N–H and O–H groups in total. The van der Waals surface area contributed by atoms with E-state index in [1.807, 2.05) is 12.4 Å². The van der Waals surface area contributed by atoms with Crippen molar-refractivity contribution in [3.05, 3.63) is 36.7 Å². The molecule has 0 bridgehead atoms. The van der Waals surface area contributed by atoms with E-state index in [1.165, 1.54) is 22.9 Å². The van der Waals surface area contributed by atoms with E-state index < -0.39 is 0 Å². The maximum atomic E-state index is 4.21. The van der Waals surface area contributed by atoms with Gasteiger partial charge in [-0.2, -0.15) is 0 Å². The number of anilines is 1. The molecule has 2 heterocycles. The average Bonchev–Trinajstić information content (AvgIpc) is 2.46. The second kappa shape index (κ2) is 4.94. The summed E-state index contributed by atoms with van der Waals surface area (Å²) >= 11 is 0. The minimum absolute atomic E-state index is 0.595. The van der Waals surface area contributed by atoms with Gasteiger partial charge in [0, 0.05) is 54.5 Å².